The van der Waals surface area contributed by atoms with Crippen molar-refractivity contribution in [1.82, 2.24) is 9.99 Å². The number of hydrazone groups is 1. The lowest BCUT2D eigenvalue weighted by atomic mass is 9.48. The molecule has 0 unspecified atom stereocenters. The minimum atomic E-state index is -0.560. The summed E-state index contributed by atoms with van der Waals surface area (Å²) in [6, 6.07) is 7.70. The van der Waals surface area contributed by atoms with Crippen LogP contribution in [0.15, 0.2) is 32.6 Å². The molecule has 1 amide bonds. The van der Waals surface area contributed by atoms with Gasteiger partial charge in [-0.2, -0.15) is 10.4 Å². The van der Waals surface area contributed by atoms with Crippen LogP contribution in [-0.2, 0) is 28.1 Å². The minimum Gasteiger partial charge on any atom is -0.507 e. The summed E-state index contributed by atoms with van der Waals surface area (Å²) in [5.41, 5.74) is 4.79. The lowest BCUT2D eigenvalue weighted by molar-refractivity contribution is -0.121. The Morgan fingerprint density at radius 1 is 1.30 bits per heavy atom. The van der Waals surface area contributed by atoms with Crippen LogP contribution in [-0.4, -0.2) is 28.9 Å². The number of carbonyl (C=O) groups excluding carboxylic acids is 1. The molecule has 4 aliphatic rings. The number of rotatable bonds is 7. The number of halogens is 1. The molecule has 0 atom stereocenters. The van der Waals surface area contributed by atoms with Gasteiger partial charge in [0.2, 0.25) is 0 Å². The normalized spacial score (nSPS) is 25.9. The van der Waals surface area contributed by atoms with Crippen LogP contribution in [0.3, 0.4) is 0 Å². The van der Waals surface area contributed by atoms with Crippen molar-refractivity contribution in [2.45, 2.75) is 64.0 Å². The molecule has 1 aromatic carbocycles. The Kier molecular flexibility index (Phi) is 6.99. The molecule has 4 bridgehead atoms. The lowest BCUT2D eigenvalue weighted by Gasteiger charge is -2.57. The summed E-state index contributed by atoms with van der Waals surface area (Å²) in [6.45, 7) is 1.49. The summed E-state index contributed by atoms with van der Waals surface area (Å²) in [5.74, 6) is 2.03. The quantitative estimate of drug-likeness (QED) is 0.383. The van der Waals surface area contributed by atoms with E-state index in [1.807, 2.05) is 18.2 Å². The molecule has 0 spiro atoms. The average molecular weight is 567 g/mol. The van der Waals surface area contributed by atoms with E-state index in [1.165, 1.54) is 62.0 Å². The molecular formula is C28H31BrN4O4. The number of nitrogens with zero attached hydrogens (tertiary/aromatic N) is 3. The predicted octanol–water partition coefficient (Wildman–Crippen LogP) is 4.26. The SMILES string of the molecule is COCc1c(Br)c(C)n(CC(=O)N/N=C\c2cc(C34CC5CC(CC(C5)C3)C4)ccc2O)c(=O)c1C#N. The van der Waals surface area contributed by atoms with E-state index >= 15 is 0 Å². The highest BCUT2D eigenvalue weighted by Crippen LogP contribution is 2.60. The molecule has 0 radical (unpaired) electrons. The highest BCUT2D eigenvalue weighted by atomic mass is 79.9. The molecule has 4 fully saturated rings. The molecule has 0 aliphatic heterocycles. The first-order chi connectivity index (χ1) is 17.7. The standard InChI is InChI=1S/C28H31BrN4O4/c1-16-26(29)23(15-37-2)22(12-30)27(36)33(16)14-25(35)32-31-13-20-8-21(3-4-24(20)34)28-9-17-5-18(10-28)7-19(6-17)11-28/h3-4,8,13,17-19,34H,5-7,9-11,14-15H2,1-2H3,(H,32,35)/b31-13-. The van der Waals surface area contributed by atoms with Gasteiger partial charge in [0.15, 0.2) is 0 Å². The van der Waals surface area contributed by atoms with Gasteiger partial charge < -0.3 is 14.4 Å². The first kappa shape index (κ1) is 25.7. The molecule has 194 valence electrons. The van der Waals surface area contributed by atoms with Crippen LogP contribution in [0.2, 0.25) is 0 Å². The summed E-state index contributed by atoms with van der Waals surface area (Å²) in [6.07, 6.45) is 9.19. The second-order valence-corrected chi connectivity index (χ2v) is 11.7. The first-order valence-electron chi connectivity index (χ1n) is 12.7. The topological polar surface area (TPSA) is 117 Å². The number of ether oxygens (including phenoxy) is 1. The van der Waals surface area contributed by atoms with E-state index in [9.17, 15) is 20.0 Å². The van der Waals surface area contributed by atoms with Gasteiger partial charge >= 0.3 is 0 Å². The van der Waals surface area contributed by atoms with Crippen LogP contribution in [0, 0.1) is 36.0 Å². The van der Waals surface area contributed by atoms with Gasteiger partial charge in [0, 0.05) is 28.4 Å². The van der Waals surface area contributed by atoms with Crippen LogP contribution < -0.4 is 11.0 Å². The fraction of sp³-hybridized carbons (Fsp3) is 0.500. The highest BCUT2D eigenvalue weighted by Gasteiger charge is 2.51. The number of aromatic nitrogens is 1. The number of carbonyl (C=O) groups is 1. The number of phenolic OH excluding ortho intramolecular Hbond substituents is 1. The summed E-state index contributed by atoms with van der Waals surface area (Å²) >= 11 is 3.42. The monoisotopic (exact) mass is 566 g/mol. The molecule has 2 N–H and O–H groups in total. The Balaban J connectivity index is 1.32. The maximum atomic E-state index is 12.9. The number of nitriles is 1. The molecular weight excluding hydrogens is 536 g/mol. The number of hydrogen-bond acceptors (Lipinski definition) is 6. The third-order valence-corrected chi connectivity index (χ3v) is 9.57. The van der Waals surface area contributed by atoms with Gasteiger partial charge in [-0.1, -0.05) is 6.07 Å². The number of benzene rings is 1. The van der Waals surface area contributed by atoms with Gasteiger partial charge in [-0.25, -0.2) is 5.43 Å². The second kappa shape index (κ2) is 10.1. The zero-order valence-electron chi connectivity index (χ0n) is 21.1. The molecule has 9 heteroatoms. The number of nitrogens with one attached hydrogen (secondary N) is 1. The largest absolute Gasteiger partial charge is 0.507 e. The van der Waals surface area contributed by atoms with Crippen molar-refractivity contribution >= 4 is 28.1 Å². The molecule has 37 heavy (non-hydrogen) atoms. The van der Waals surface area contributed by atoms with Crippen molar-refractivity contribution in [3.63, 3.8) is 0 Å². The second-order valence-electron chi connectivity index (χ2n) is 11.0. The van der Waals surface area contributed by atoms with Gasteiger partial charge in [0.1, 0.15) is 23.9 Å². The van der Waals surface area contributed by atoms with Gasteiger partial charge in [-0.05, 0) is 102 Å². The van der Waals surface area contributed by atoms with Crippen LogP contribution in [0.25, 0.3) is 0 Å². The number of amides is 1. The van der Waals surface area contributed by atoms with Crippen molar-refractivity contribution in [3.8, 4) is 11.8 Å². The fourth-order valence-electron chi connectivity index (χ4n) is 7.25. The smallest absolute Gasteiger partial charge is 0.269 e. The Hall–Kier alpha value is -2.96. The van der Waals surface area contributed by atoms with Crippen LogP contribution in [0.1, 0.15) is 66.5 Å². The van der Waals surface area contributed by atoms with E-state index in [-0.39, 0.29) is 29.9 Å². The van der Waals surface area contributed by atoms with Crippen molar-refractivity contribution in [2.75, 3.05) is 7.11 Å². The van der Waals surface area contributed by atoms with Crippen molar-refractivity contribution < 1.29 is 14.6 Å². The number of pyridine rings is 1. The summed E-state index contributed by atoms with van der Waals surface area (Å²) in [7, 11) is 1.48. The first-order valence-corrected chi connectivity index (χ1v) is 13.5. The third-order valence-electron chi connectivity index (χ3n) is 8.52. The van der Waals surface area contributed by atoms with E-state index in [0.29, 0.717) is 21.3 Å². The zero-order valence-corrected chi connectivity index (χ0v) is 22.7. The van der Waals surface area contributed by atoms with Crippen LogP contribution in [0.5, 0.6) is 5.75 Å². The number of aromatic hydroxyl groups is 1. The Morgan fingerprint density at radius 3 is 2.54 bits per heavy atom. The maximum Gasteiger partial charge on any atom is 0.269 e. The third kappa shape index (κ3) is 4.73. The fourth-order valence-corrected chi connectivity index (χ4v) is 7.78. The van der Waals surface area contributed by atoms with Gasteiger partial charge in [0.05, 0.1) is 12.8 Å². The zero-order chi connectivity index (χ0) is 26.3. The van der Waals surface area contributed by atoms with E-state index in [4.69, 9.17) is 4.74 Å². The van der Waals surface area contributed by atoms with Gasteiger partial charge in [-0.3, -0.25) is 9.59 Å². The highest BCUT2D eigenvalue weighted by molar-refractivity contribution is 9.10. The summed E-state index contributed by atoms with van der Waals surface area (Å²) in [4.78, 5) is 25.5. The number of hydrogen-bond donors (Lipinski definition) is 2. The Labute approximate surface area is 224 Å². The van der Waals surface area contributed by atoms with E-state index in [1.54, 1.807) is 13.0 Å². The average Bonchev–Trinajstić information content (AvgIpc) is 2.85. The Bertz CT molecular complexity index is 1340. The predicted molar refractivity (Wildman–Crippen MR) is 142 cm³/mol. The van der Waals surface area contributed by atoms with Crippen LogP contribution >= 0.6 is 15.9 Å². The van der Waals surface area contributed by atoms with E-state index < -0.39 is 11.5 Å². The van der Waals surface area contributed by atoms with Crippen molar-refractivity contribution in [3.05, 3.63) is 61.0 Å². The number of phenols is 1. The summed E-state index contributed by atoms with van der Waals surface area (Å²) < 4.78 is 6.90. The minimum absolute atomic E-state index is 0.0676. The molecule has 1 heterocycles. The van der Waals surface area contributed by atoms with E-state index in [2.05, 4.69) is 26.5 Å². The molecule has 4 saturated carbocycles. The van der Waals surface area contributed by atoms with Crippen molar-refractivity contribution in [1.29, 1.82) is 5.26 Å². The molecule has 8 nitrogen and oxygen atoms in total. The molecule has 1 aromatic heterocycles. The molecule has 0 saturated heterocycles. The maximum absolute atomic E-state index is 12.9. The molecule has 4 aliphatic carbocycles. The van der Waals surface area contributed by atoms with Gasteiger partial charge in [-0.15, -0.1) is 0 Å². The Morgan fingerprint density at radius 2 is 1.95 bits per heavy atom. The van der Waals surface area contributed by atoms with Crippen molar-refractivity contribution in [2.24, 2.45) is 22.9 Å². The molecule has 6 rings (SSSR count). The van der Waals surface area contributed by atoms with E-state index in [0.717, 1.165) is 17.8 Å². The summed E-state index contributed by atoms with van der Waals surface area (Å²) in [5, 5.41) is 24.0. The van der Waals surface area contributed by atoms with Crippen LogP contribution in [0.4, 0.5) is 0 Å². The van der Waals surface area contributed by atoms with Gasteiger partial charge in [0.25, 0.3) is 11.5 Å². The number of methoxy groups -OCH3 is 1. The lowest BCUT2D eigenvalue weighted by Crippen LogP contribution is -2.48. The molecule has 2 aromatic rings.